The van der Waals surface area contributed by atoms with E-state index in [1.165, 1.54) is 7.05 Å². The molecule has 0 unspecified atom stereocenters. The molecule has 0 aliphatic rings. The average molecular weight is 370 g/mol. The molecule has 2 aromatic carbocycles. The van der Waals surface area contributed by atoms with E-state index in [0.717, 1.165) is 11.1 Å². The number of anilines is 1. The Bertz CT molecular complexity index is 831. The summed E-state index contributed by atoms with van der Waals surface area (Å²) in [6.45, 7) is 3.23. The van der Waals surface area contributed by atoms with Crippen molar-refractivity contribution in [3.8, 4) is 5.75 Å². The molecule has 0 fully saturated rings. The predicted octanol–water partition coefficient (Wildman–Crippen LogP) is 2.22. The van der Waals surface area contributed by atoms with Crippen LogP contribution in [0.1, 0.15) is 21.5 Å². The maximum atomic E-state index is 11.8. The minimum absolute atomic E-state index is 0.217. The van der Waals surface area contributed by atoms with Gasteiger partial charge in [0, 0.05) is 18.3 Å². The maximum absolute atomic E-state index is 11.8. The summed E-state index contributed by atoms with van der Waals surface area (Å²) in [6.07, 6.45) is 0. The van der Waals surface area contributed by atoms with Gasteiger partial charge in [0.05, 0.1) is 0 Å². The van der Waals surface area contributed by atoms with Crippen LogP contribution in [0.4, 0.5) is 5.69 Å². The van der Waals surface area contributed by atoms with Crippen LogP contribution in [-0.4, -0.2) is 38.0 Å². The van der Waals surface area contributed by atoms with Gasteiger partial charge in [-0.1, -0.05) is 6.07 Å². The first-order valence-electron chi connectivity index (χ1n) is 8.36. The second kappa shape index (κ2) is 9.38. The quantitative estimate of drug-likeness (QED) is 0.729. The molecule has 0 aliphatic carbocycles. The first-order valence-corrected chi connectivity index (χ1v) is 8.36. The Labute approximate surface area is 157 Å². The number of amides is 2. The van der Waals surface area contributed by atoms with Crippen molar-refractivity contribution >= 4 is 23.5 Å². The van der Waals surface area contributed by atoms with Crippen molar-refractivity contribution in [3.63, 3.8) is 0 Å². The number of benzene rings is 2. The molecule has 0 aromatic heterocycles. The van der Waals surface area contributed by atoms with E-state index in [9.17, 15) is 14.4 Å². The molecular weight excluding hydrogens is 348 g/mol. The van der Waals surface area contributed by atoms with Crippen LogP contribution in [0.5, 0.6) is 5.75 Å². The summed E-state index contributed by atoms with van der Waals surface area (Å²) >= 11 is 0. The first kappa shape index (κ1) is 20.0. The molecule has 0 heterocycles. The highest BCUT2D eigenvalue weighted by atomic mass is 16.6. The van der Waals surface area contributed by atoms with Crippen molar-refractivity contribution in [2.75, 3.05) is 25.6 Å². The van der Waals surface area contributed by atoms with E-state index >= 15 is 0 Å². The van der Waals surface area contributed by atoms with E-state index in [-0.39, 0.29) is 12.5 Å². The van der Waals surface area contributed by atoms with Crippen molar-refractivity contribution in [2.24, 2.45) is 0 Å². The van der Waals surface area contributed by atoms with Gasteiger partial charge in [-0.15, -0.1) is 0 Å². The fourth-order valence-electron chi connectivity index (χ4n) is 2.18. The third-order valence-corrected chi connectivity index (χ3v) is 3.86. The molecule has 27 heavy (non-hydrogen) atoms. The lowest BCUT2D eigenvalue weighted by atomic mass is 10.1. The van der Waals surface area contributed by atoms with E-state index in [4.69, 9.17) is 9.47 Å². The number of rotatable bonds is 7. The largest absolute Gasteiger partial charge is 0.482 e. The van der Waals surface area contributed by atoms with Crippen LogP contribution in [-0.2, 0) is 14.3 Å². The lowest BCUT2D eigenvalue weighted by Gasteiger charge is -2.09. The summed E-state index contributed by atoms with van der Waals surface area (Å²) in [7, 11) is 1.54. The Kier molecular flexibility index (Phi) is 6.93. The van der Waals surface area contributed by atoms with Gasteiger partial charge in [0.1, 0.15) is 5.75 Å². The normalized spacial score (nSPS) is 10.0. The fourth-order valence-corrected chi connectivity index (χ4v) is 2.18. The molecule has 142 valence electrons. The number of hydrogen-bond acceptors (Lipinski definition) is 5. The highest BCUT2D eigenvalue weighted by Gasteiger charge is 2.10. The van der Waals surface area contributed by atoms with Crippen LogP contribution in [0.2, 0.25) is 0 Å². The Balaban J connectivity index is 1.75. The van der Waals surface area contributed by atoms with Crippen molar-refractivity contribution in [1.29, 1.82) is 0 Å². The second-order valence-electron chi connectivity index (χ2n) is 5.90. The second-order valence-corrected chi connectivity index (χ2v) is 5.90. The molecule has 0 spiro atoms. The van der Waals surface area contributed by atoms with E-state index in [1.807, 2.05) is 26.0 Å². The van der Waals surface area contributed by atoms with E-state index in [0.29, 0.717) is 17.0 Å². The summed E-state index contributed by atoms with van der Waals surface area (Å²) < 4.78 is 10.2. The molecule has 2 rings (SSSR count). The first-order chi connectivity index (χ1) is 12.9. The van der Waals surface area contributed by atoms with E-state index < -0.39 is 18.5 Å². The van der Waals surface area contributed by atoms with Gasteiger partial charge in [0.25, 0.3) is 11.8 Å². The highest BCUT2D eigenvalue weighted by Crippen LogP contribution is 2.16. The minimum atomic E-state index is -0.640. The SMILES string of the molecule is CNC(=O)c1ccc(NC(=O)COC(=O)COc2ccc(C)c(C)c2)cc1. The number of ether oxygens (including phenoxy) is 2. The lowest BCUT2D eigenvalue weighted by Crippen LogP contribution is -2.23. The molecule has 2 aromatic rings. The topological polar surface area (TPSA) is 93.7 Å². The summed E-state index contributed by atoms with van der Waals surface area (Å²) in [6, 6.07) is 11.8. The summed E-state index contributed by atoms with van der Waals surface area (Å²) in [5, 5.41) is 5.09. The molecule has 2 amide bonds. The Hall–Kier alpha value is -3.35. The summed E-state index contributed by atoms with van der Waals surface area (Å²) in [5.74, 6) is -0.776. The van der Waals surface area contributed by atoms with Crippen molar-refractivity contribution < 1.29 is 23.9 Å². The van der Waals surface area contributed by atoms with Crippen LogP contribution in [0.15, 0.2) is 42.5 Å². The van der Waals surface area contributed by atoms with Crippen LogP contribution < -0.4 is 15.4 Å². The standard InChI is InChI=1S/C20H22N2O5/c1-13-4-9-17(10-14(13)2)26-12-19(24)27-11-18(23)22-16-7-5-15(6-8-16)20(25)21-3/h4-10H,11-12H2,1-3H3,(H,21,25)(H,22,23). The molecule has 0 bridgehead atoms. The van der Waals surface area contributed by atoms with Gasteiger partial charge in [0.2, 0.25) is 0 Å². The molecule has 0 aliphatic heterocycles. The van der Waals surface area contributed by atoms with Gasteiger partial charge in [-0.3, -0.25) is 9.59 Å². The number of aryl methyl sites for hydroxylation is 2. The van der Waals surface area contributed by atoms with Crippen molar-refractivity contribution in [1.82, 2.24) is 5.32 Å². The van der Waals surface area contributed by atoms with Gasteiger partial charge in [0.15, 0.2) is 13.2 Å². The predicted molar refractivity (Wildman–Crippen MR) is 101 cm³/mol. The Morgan fingerprint density at radius 1 is 0.926 bits per heavy atom. The number of carbonyl (C=O) groups excluding carboxylic acids is 3. The maximum Gasteiger partial charge on any atom is 0.344 e. The zero-order valence-electron chi connectivity index (χ0n) is 15.5. The number of nitrogens with one attached hydrogen (secondary N) is 2. The lowest BCUT2D eigenvalue weighted by molar-refractivity contribution is -0.149. The van der Waals surface area contributed by atoms with Gasteiger partial charge in [-0.05, 0) is 61.4 Å². The minimum Gasteiger partial charge on any atom is -0.482 e. The molecular formula is C20H22N2O5. The van der Waals surface area contributed by atoms with Crippen molar-refractivity contribution in [2.45, 2.75) is 13.8 Å². The third kappa shape index (κ3) is 6.14. The molecule has 0 saturated heterocycles. The van der Waals surface area contributed by atoms with Gasteiger partial charge in [-0.2, -0.15) is 0 Å². The molecule has 2 N–H and O–H groups in total. The highest BCUT2D eigenvalue weighted by molar-refractivity contribution is 5.96. The molecule has 0 atom stereocenters. The van der Waals surface area contributed by atoms with Crippen LogP contribution in [0.3, 0.4) is 0 Å². The smallest absolute Gasteiger partial charge is 0.344 e. The molecule has 0 radical (unpaired) electrons. The number of carbonyl (C=O) groups is 3. The van der Waals surface area contributed by atoms with Crippen LogP contribution >= 0.6 is 0 Å². The van der Waals surface area contributed by atoms with Crippen molar-refractivity contribution in [3.05, 3.63) is 59.2 Å². The monoisotopic (exact) mass is 370 g/mol. The average Bonchev–Trinajstić information content (AvgIpc) is 2.67. The molecule has 7 heteroatoms. The summed E-state index contributed by atoms with van der Waals surface area (Å²) in [5.41, 5.74) is 3.16. The summed E-state index contributed by atoms with van der Waals surface area (Å²) in [4.78, 5) is 35.0. The Morgan fingerprint density at radius 3 is 2.26 bits per heavy atom. The van der Waals surface area contributed by atoms with Crippen LogP contribution in [0.25, 0.3) is 0 Å². The van der Waals surface area contributed by atoms with Gasteiger partial charge >= 0.3 is 5.97 Å². The zero-order chi connectivity index (χ0) is 19.8. The number of hydrogen-bond donors (Lipinski definition) is 2. The Morgan fingerprint density at radius 2 is 1.63 bits per heavy atom. The van der Waals surface area contributed by atoms with Crippen LogP contribution in [0, 0.1) is 13.8 Å². The van der Waals surface area contributed by atoms with Gasteiger partial charge in [-0.25, -0.2) is 4.79 Å². The third-order valence-electron chi connectivity index (χ3n) is 3.86. The van der Waals surface area contributed by atoms with Gasteiger partial charge < -0.3 is 20.1 Å². The zero-order valence-corrected chi connectivity index (χ0v) is 15.5. The van der Waals surface area contributed by atoms with E-state index in [1.54, 1.807) is 30.3 Å². The number of esters is 1. The molecule has 7 nitrogen and oxygen atoms in total. The van der Waals surface area contributed by atoms with E-state index in [2.05, 4.69) is 10.6 Å². The molecule has 0 saturated carbocycles. The fraction of sp³-hybridized carbons (Fsp3) is 0.250.